The third-order valence-electron chi connectivity index (χ3n) is 5.23. The molecule has 8 nitrogen and oxygen atoms in total. The fraction of sp³-hybridized carbons (Fsp3) is 0.217. The van der Waals surface area contributed by atoms with E-state index in [4.69, 9.17) is 9.84 Å². The number of carboxylic acids is 1. The fourth-order valence-corrected chi connectivity index (χ4v) is 4.54. The Bertz CT molecular complexity index is 1130. The molecule has 4 rings (SSSR count). The minimum atomic E-state index is -1.12. The molecule has 1 aromatic heterocycles. The van der Waals surface area contributed by atoms with Crippen molar-refractivity contribution in [1.29, 1.82) is 0 Å². The SMILES string of the molecule is CC(NC(=O)CNC(=O)OCC1c2ccccc2-c2ccccc21)c1nc(C(=O)O)cs1. The number of carboxylic acid groups (broad SMARTS) is 1. The number of hydrogen-bond donors (Lipinski definition) is 3. The Kier molecular flexibility index (Phi) is 6.18. The summed E-state index contributed by atoms with van der Waals surface area (Å²) in [6, 6.07) is 15.6. The van der Waals surface area contributed by atoms with Gasteiger partial charge in [-0.05, 0) is 29.2 Å². The maximum Gasteiger partial charge on any atom is 0.407 e. The first-order valence-corrected chi connectivity index (χ1v) is 10.9. The van der Waals surface area contributed by atoms with Crippen molar-refractivity contribution in [2.75, 3.05) is 13.2 Å². The van der Waals surface area contributed by atoms with Crippen LogP contribution in [0.25, 0.3) is 11.1 Å². The number of carbonyl (C=O) groups excluding carboxylic acids is 2. The number of aromatic carboxylic acids is 1. The van der Waals surface area contributed by atoms with Crippen LogP contribution in [-0.2, 0) is 9.53 Å². The largest absolute Gasteiger partial charge is 0.476 e. The number of alkyl carbamates (subject to hydrolysis) is 1. The molecule has 1 aliphatic carbocycles. The molecule has 2 amide bonds. The van der Waals surface area contributed by atoms with Crippen LogP contribution in [0.1, 0.15) is 45.5 Å². The molecule has 0 radical (unpaired) electrons. The van der Waals surface area contributed by atoms with E-state index in [0.717, 1.165) is 33.6 Å². The summed E-state index contributed by atoms with van der Waals surface area (Å²) < 4.78 is 5.40. The van der Waals surface area contributed by atoms with Crippen molar-refractivity contribution in [2.45, 2.75) is 18.9 Å². The van der Waals surface area contributed by atoms with Crippen molar-refractivity contribution >= 4 is 29.3 Å². The standard InChI is InChI=1S/C23H21N3O5S/c1-13(21-26-19(12-32-21)22(28)29)25-20(27)10-24-23(30)31-11-18-16-8-4-2-6-14(16)15-7-3-5-9-17(15)18/h2-9,12-13,18H,10-11H2,1H3,(H,24,30)(H,25,27)(H,28,29). The van der Waals surface area contributed by atoms with E-state index >= 15 is 0 Å². The average Bonchev–Trinajstić information content (AvgIpc) is 3.40. The van der Waals surface area contributed by atoms with Gasteiger partial charge in [-0.15, -0.1) is 11.3 Å². The predicted octanol–water partition coefficient (Wildman–Crippen LogP) is 3.56. The second-order valence-electron chi connectivity index (χ2n) is 7.34. The molecule has 32 heavy (non-hydrogen) atoms. The Morgan fingerprint density at radius 2 is 1.72 bits per heavy atom. The molecule has 0 saturated heterocycles. The molecule has 1 heterocycles. The van der Waals surface area contributed by atoms with Crippen LogP contribution in [0.3, 0.4) is 0 Å². The third-order valence-corrected chi connectivity index (χ3v) is 6.25. The van der Waals surface area contributed by atoms with Gasteiger partial charge in [0.2, 0.25) is 5.91 Å². The molecule has 0 fully saturated rings. The van der Waals surface area contributed by atoms with Crippen LogP contribution in [0.5, 0.6) is 0 Å². The summed E-state index contributed by atoms with van der Waals surface area (Å²) in [5.41, 5.74) is 4.43. The van der Waals surface area contributed by atoms with Crippen molar-refractivity contribution in [3.8, 4) is 11.1 Å². The van der Waals surface area contributed by atoms with Gasteiger partial charge in [-0.25, -0.2) is 14.6 Å². The summed E-state index contributed by atoms with van der Waals surface area (Å²) in [4.78, 5) is 39.2. The van der Waals surface area contributed by atoms with Crippen LogP contribution in [0, 0.1) is 0 Å². The number of rotatable bonds is 7. The summed E-state index contributed by atoms with van der Waals surface area (Å²) in [5, 5.41) is 15.9. The molecule has 0 bridgehead atoms. The van der Waals surface area contributed by atoms with E-state index in [1.54, 1.807) is 6.92 Å². The number of benzene rings is 2. The molecule has 3 aromatic rings. The number of nitrogens with zero attached hydrogens (tertiary/aromatic N) is 1. The van der Waals surface area contributed by atoms with E-state index in [9.17, 15) is 14.4 Å². The van der Waals surface area contributed by atoms with Crippen molar-refractivity contribution in [3.05, 3.63) is 75.7 Å². The first kappa shape index (κ1) is 21.5. The highest BCUT2D eigenvalue weighted by Gasteiger charge is 2.29. The minimum Gasteiger partial charge on any atom is -0.476 e. The number of ether oxygens (including phenoxy) is 1. The maximum absolute atomic E-state index is 12.2. The zero-order valence-corrected chi connectivity index (χ0v) is 18.0. The monoisotopic (exact) mass is 451 g/mol. The van der Waals surface area contributed by atoms with Gasteiger partial charge in [0, 0.05) is 11.3 Å². The van der Waals surface area contributed by atoms with Crippen LogP contribution in [-0.4, -0.2) is 41.2 Å². The van der Waals surface area contributed by atoms with Crippen LogP contribution in [0.4, 0.5) is 4.79 Å². The molecule has 164 valence electrons. The topological polar surface area (TPSA) is 118 Å². The Labute approximate surface area is 188 Å². The zero-order chi connectivity index (χ0) is 22.7. The molecular formula is C23H21N3O5S. The molecule has 0 saturated carbocycles. The van der Waals surface area contributed by atoms with Gasteiger partial charge in [-0.2, -0.15) is 0 Å². The fourth-order valence-electron chi connectivity index (χ4n) is 3.74. The highest BCUT2D eigenvalue weighted by atomic mass is 32.1. The summed E-state index contributed by atoms with van der Waals surface area (Å²) >= 11 is 1.14. The first-order chi connectivity index (χ1) is 15.4. The lowest BCUT2D eigenvalue weighted by molar-refractivity contribution is -0.120. The lowest BCUT2D eigenvalue weighted by Gasteiger charge is -2.15. The number of thiazole rings is 1. The van der Waals surface area contributed by atoms with Crippen molar-refractivity contribution < 1.29 is 24.2 Å². The smallest absolute Gasteiger partial charge is 0.407 e. The first-order valence-electron chi connectivity index (χ1n) is 10.0. The lowest BCUT2D eigenvalue weighted by Crippen LogP contribution is -2.38. The van der Waals surface area contributed by atoms with Gasteiger partial charge in [-0.3, -0.25) is 4.79 Å². The maximum atomic E-state index is 12.2. The number of amides is 2. The van der Waals surface area contributed by atoms with Gasteiger partial charge < -0.3 is 20.5 Å². The van der Waals surface area contributed by atoms with Crippen LogP contribution in [0.15, 0.2) is 53.9 Å². The normalized spacial score (nSPS) is 13.0. The number of aromatic nitrogens is 1. The van der Waals surface area contributed by atoms with Gasteiger partial charge in [0.15, 0.2) is 5.69 Å². The summed E-state index contributed by atoms with van der Waals surface area (Å²) in [7, 11) is 0. The van der Waals surface area contributed by atoms with Gasteiger partial charge in [-0.1, -0.05) is 48.5 Å². The van der Waals surface area contributed by atoms with E-state index in [2.05, 4.69) is 27.8 Å². The van der Waals surface area contributed by atoms with E-state index in [0.29, 0.717) is 5.01 Å². The van der Waals surface area contributed by atoms with Crippen LogP contribution in [0.2, 0.25) is 0 Å². The van der Waals surface area contributed by atoms with Crippen molar-refractivity contribution in [2.24, 2.45) is 0 Å². The summed E-state index contributed by atoms with van der Waals surface area (Å²) in [6.07, 6.45) is -0.683. The molecule has 3 N–H and O–H groups in total. The molecule has 1 atom stereocenters. The molecule has 0 spiro atoms. The van der Waals surface area contributed by atoms with Gasteiger partial charge in [0.05, 0.1) is 6.04 Å². The second kappa shape index (κ2) is 9.19. The number of carbonyl (C=O) groups is 3. The van der Waals surface area contributed by atoms with Gasteiger partial charge >= 0.3 is 12.1 Å². The molecule has 2 aromatic carbocycles. The highest BCUT2D eigenvalue weighted by molar-refractivity contribution is 7.09. The number of fused-ring (bicyclic) bond motifs is 3. The Balaban J connectivity index is 1.28. The lowest BCUT2D eigenvalue weighted by atomic mass is 9.98. The Morgan fingerprint density at radius 3 is 2.31 bits per heavy atom. The van der Waals surface area contributed by atoms with Crippen LogP contribution < -0.4 is 10.6 Å². The summed E-state index contributed by atoms with van der Waals surface area (Å²) in [5.74, 6) is -1.61. The second-order valence-corrected chi connectivity index (χ2v) is 8.23. The third kappa shape index (κ3) is 4.47. The molecule has 0 aliphatic heterocycles. The Hall–Kier alpha value is -3.72. The quantitative estimate of drug-likeness (QED) is 0.506. The van der Waals surface area contributed by atoms with E-state index in [1.807, 2.05) is 36.4 Å². The molecular weight excluding hydrogens is 430 g/mol. The highest BCUT2D eigenvalue weighted by Crippen LogP contribution is 2.44. The molecule has 1 aliphatic rings. The summed E-state index contributed by atoms with van der Waals surface area (Å²) in [6.45, 7) is 1.59. The predicted molar refractivity (Wildman–Crippen MR) is 119 cm³/mol. The van der Waals surface area contributed by atoms with Crippen molar-refractivity contribution in [1.82, 2.24) is 15.6 Å². The zero-order valence-electron chi connectivity index (χ0n) is 17.2. The van der Waals surface area contributed by atoms with E-state index in [-0.39, 0.29) is 24.8 Å². The molecule has 1 unspecified atom stereocenters. The van der Waals surface area contributed by atoms with Crippen LogP contribution >= 0.6 is 11.3 Å². The number of nitrogens with one attached hydrogen (secondary N) is 2. The van der Waals surface area contributed by atoms with Gasteiger partial charge in [0.1, 0.15) is 18.2 Å². The average molecular weight is 452 g/mol. The number of hydrogen-bond acceptors (Lipinski definition) is 6. The minimum absolute atomic E-state index is 0.0599. The van der Waals surface area contributed by atoms with Gasteiger partial charge in [0.25, 0.3) is 0 Å². The molecule has 9 heteroatoms. The van der Waals surface area contributed by atoms with E-state index in [1.165, 1.54) is 5.38 Å². The van der Waals surface area contributed by atoms with E-state index < -0.39 is 24.0 Å². The van der Waals surface area contributed by atoms with Crippen molar-refractivity contribution in [3.63, 3.8) is 0 Å². The Morgan fingerprint density at radius 1 is 1.09 bits per heavy atom.